The van der Waals surface area contributed by atoms with Crippen LogP contribution in [0.3, 0.4) is 0 Å². The van der Waals surface area contributed by atoms with E-state index < -0.39 is 6.16 Å². The van der Waals surface area contributed by atoms with Crippen LogP contribution < -0.4 is 24.8 Å². The molecule has 0 aliphatic rings. The minimum Gasteiger partial charge on any atom is -0.494 e. The largest absolute Gasteiger partial charge is 0.513 e. The molecular weight excluding hydrogens is 464 g/mol. The maximum Gasteiger partial charge on any atom is 0.513 e. The summed E-state index contributed by atoms with van der Waals surface area (Å²) in [7, 11) is 0. The minimum absolute atomic E-state index is 0.148. The number of hydrogen-bond acceptors (Lipinski definition) is 7. The van der Waals surface area contributed by atoms with Gasteiger partial charge in [0, 0.05) is 17.8 Å². The number of ether oxygens (including phenoxy) is 4. The second kappa shape index (κ2) is 13.4. The summed E-state index contributed by atoms with van der Waals surface area (Å²) in [5.41, 5.74) is 1.79. The first-order valence-corrected chi connectivity index (χ1v) is 11.4. The Morgan fingerprint density at radius 1 is 0.778 bits per heavy atom. The van der Waals surface area contributed by atoms with Crippen molar-refractivity contribution in [3.63, 3.8) is 0 Å². The van der Waals surface area contributed by atoms with Gasteiger partial charge >= 0.3 is 6.16 Å². The molecule has 3 aromatic carbocycles. The van der Waals surface area contributed by atoms with E-state index in [1.807, 2.05) is 13.0 Å². The number of carbonyl (C=O) groups excluding carboxylic acids is 3. The summed E-state index contributed by atoms with van der Waals surface area (Å²) in [6, 6.07) is 20.3. The molecule has 0 saturated carbocycles. The van der Waals surface area contributed by atoms with Gasteiger partial charge in [0.2, 0.25) is 0 Å². The molecule has 0 saturated heterocycles. The number of anilines is 1. The van der Waals surface area contributed by atoms with Crippen LogP contribution in [0.2, 0.25) is 0 Å². The van der Waals surface area contributed by atoms with Gasteiger partial charge in [-0.2, -0.15) is 0 Å². The Bertz CT molecular complexity index is 1160. The van der Waals surface area contributed by atoms with E-state index in [0.29, 0.717) is 23.6 Å². The Kier molecular flexibility index (Phi) is 9.69. The number of rotatable bonds is 11. The molecule has 3 rings (SSSR count). The molecule has 0 spiro atoms. The summed E-state index contributed by atoms with van der Waals surface area (Å²) in [6.07, 6.45) is -0.801. The molecule has 0 heterocycles. The maximum absolute atomic E-state index is 12.5. The monoisotopic (exact) mass is 492 g/mol. The van der Waals surface area contributed by atoms with Crippen molar-refractivity contribution < 1.29 is 33.3 Å². The molecule has 3 aromatic rings. The van der Waals surface area contributed by atoms with Gasteiger partial charge in [0.25, 0.3) is 11.8 Å². The Morgan fingerprint density at radius 3 is 2.11 bits per heavy atom. The highest BCUT2D eigenvalue weighted by Crippen LogP contribution is 2.18. The Morgan fingerprint density at radius 2 is 1.44 bits per heavy atom. The first kappa shape index (κ1) is 26.1. The summed E-state index contributed by atoms with van der Waals surface area (Å²) < 4.78 is 20.6. The smallest absolute Gasteiger partial charge is 0.494 e. The fourth-order valence-corrected chi connectivity index (χ4v) is 3.11. The van der Waals surface area contributed by atoms with E-state index in [1.165, 1.54) is 12.1 Å². The van der Waals surface area contributed by atoms with Gasteiger partial charge in [-0.1, -0.05) is 12.1 Å². The average Bonchev–Trinajstić information content (AvgIpc) is 2.88. The van der Waals surface area contributed by atoms with Crippen molar-refractivity contribution in [2.75, 3.05) is 25.1 Å². The summed E-state index contributed by atoms with van der Waals surface area (Å²) in [4.78, 5) is 36.1. The lowest BCUT2D eigenvalue weighted by Crippen LogP contribution is -2.23. The van der Waals surface area contributed by atoms with E-state index in [9.17, 15) is 14.4 Å². The molecular formula is C27H28N2O7. The molecule has 0 fully saturated rings. The van der Waals surface area contributed by atoms with Crippen molar-refractivity contribution in [2.24, 2.45) is 0 Å². The van der Waals surface area contributed by atoms with E-state index in [0.717, 1.165) is 11.3 Å². The minimum atomic E-state index is -0.801. The average molecular weight is 493 g/mol. The first-order chi connectivity index (χ1) is 17.5. The Balaban J connectivity index is 1.46. The Labute approximate surface area is 209 Å². The van der Waals surface area contributed by atoms with E-state index in [4.69, 9.17) is 18.9 Å². The van der Waals surface area contributed by atoms with E-state index in [2.05, 4.69) is 10.6 Å². The summed E-state index contributed by atoms with van der Waals surface area (Å²) >= 11 is 0. The van der Waals surface area contributed by atoms with Crippen molar-refractivity contribution in [1.29, 1.82) is 0 Å². The zero-order valence-electron chi connectivity index (χ0n) is 20.1. The molecule has 36 heavy (non-hydrogen) atoms. The summed E-state index contributed by atoms with van der Waals surface area (Å²) in [6.45, 7) is 4.48. The number of nitrogens with one attached hydrogen (secondary N) is 2. The number of carbonyl (C=O) groups is 3. The second-order valence-corrected chi connectivity index (χ2v) is 7.43. The van der Waals surface area contributed by atoms with Crippen LogP contribution in [-0.2, 0) is 16.1 Å². The fourth-order valence-electron chi connectivity index (χ4n) is 3.11. The highest BCUT2D eigenvalue weighted by atomic mass is 16.7. The lowest BCUT2D eigenvalue weighted by atomic mass is 10.1. The van der Waals surface area contributed by atoms with Crippen LogP contribution in [0.4, 0.5) is 10.5 Å². The molecule has 0 aromatic heterocycles. The Hall–Kier alpha value is -4.53. The second-order valence-electron chi connectivity index (χ2n) is 7.43. The summed E-state index contributed by atoms with van der Waals surface area (Å²) in [5, 5.41) is 5.60. The van der Waals surface area contributed by atoms with Crippen molar-refractivity contribution in [3.05, 3.63) is 83.9 Å². The molecule has 0 aliphatic heterocycles. The van der Waals surface area contributed by atoms with Gasteiger partial charge in [0.1, 0.15) is 17.2 Å². The third-order valence-corrected chi connectivity index (χ3v) is 4.75. The van der Waals surface area contributed by atoms with Gasteiger partial charge < -0.3 is 29.6 Å². The van der Waals surface area contributed by atoms with Crippen molar-refractivity contribution in [1.82, 2.24) is 5.32 Å². The fraction of sp³-hybridized carbons (Fsp3) is 0.222. The molecule has 2 N–H and O–H groups in total. The summed E-state index contributed by atoms with van der Waals surface area (Å²) in [5.74, 6) is 0.967. The van der Waals surface area contributed by atoms with Crippen LogP contribution in [0.15, 0.2) is 72.8 Å². The predicted molar refractivity (Wildman–Crippen MR) is 133 cm³/mol. The van der Waals surface area contributed by atoms with Crippen molar-refractivity contribution >= 4 is 23.7 Å². The van der Waals surface area contributed by atoms with Gasteiger partial charge in [-0.3, -0.25) is 9.59 Å². The zero-order valence-corrected chi connectivity index (χ0v) is 20.1. The predicted octanol–water partition coefficient (Wildman–Crippen LogP) is 4.57. The molecule has 0 atom stereocenters. The third kappa shape index (κ3) is 8.35. The van der Waals surface area contributed by atoms with Gasteiger partial charge in [-0.05, 0) is 80.1 Å². The molecule has 2 amide bonds. The molecule has 0 unspecified atom stereocenters. The number of benzene rings is 3. The third-order valence-electron chi connectivity index (χ3n) is 4.75. The number of amides is 2. The molecule has 9 nitrogen and oxygen atoms in total. The zero-order chi connectivity index (χ0) is 25.8. The van der Waals surface area contributed by atoms with Crippen molar-refractivity contribution in [2.45, 2.75) is 20.4 Å². The molecule has 0 radical (unpaired) electrons. The molecule has 0 aliphatic carbocycles. The van der Waals surface area contributed by atoms with E-state index >= 15 is 0 Å². The van der Waals surface area contributed by atoms with Gasteiger partial charge in [-0.25, -0.2) is 4.79 Å². The van der Waals surface area contributed by atoms with Gasteiger partial charge in [0.05, 0.1) is 13.2 Å². The molecule has 188 valence electrons. The standard InChI is InChI=1S/C27H28N2O7/c1-3-33-22-12-14-23(15-13-22)35-18-25(30)29-21-7-5-6-19(16-21)17-28-26(31)20-8-10-24(11-9-20)36-27(32)34-4-2/h5-16H,3-4,17-18H2,1-2H3,(H,28,31)(H,29,30). The van der Waals surface area contributed by atoms with E-state index in [-0.39, 0.29) is 37.3 Å². The molecule has 9 heteroatoms. The normalized spacial score (nSPS) is 10.2. The van der Waals surface area contributed by atoms with Crippen molar-refractivity contribution in [3.8, 4) is 17.2 Å². The van der Waals surface area contributed by atoms with Crippen LogP contribution in [0.1, 0.15) is 29.8 Å². The van der Waals surface area contributed by atoms with E-state index in [1.54, 1.807) is 61.5 Å². The van der Waals surface area contributed by atoms with Crippen LogP contribution >= 0.6 is 0 Å². The van der Waals surface area contributed by atoms with Crippen LogP contribution in [0, 0.1) is 0 Å². The lowest BCUT2D eigenvalue weighted by molar-refractivity contribution is -0.118. The van der Waals surface area contributed by atoms with Crippen LogP contribution in [0.25, 0.3) is 0 Å². The van der Waals surface area contributed by atoms with Crippen LogP contribution in [-0.4, -0.2) is 37.8 Å². The molecule has 0 bridgehead atoms. The number of hydrogen-bond donors (Lipinski definition) is 2. The topological polar surface area (TPSA) is 112 Å². The SMILES string of the molecule is CCOC(=O)Oc1ccc(C(=O)NCc2cccc(NC(=O)COc3ccc(OCC)cc3)c2)cc1. The van der Waals surface area contributed by atoms with Gasteiger partial charge in [0.15, 0.2) is 6.61 Å². The lowest BCUT2D eigenvalue weighted by Gasteiger charge is -2.10. The quantitative estimate of drug-likeness (QED) is 0.298. The van der Waals surface area contributed by atoms with Gasteiger partial charge in [-0.15, -0.1) is 0 Å². The highest BCUT2D eigenvalue weighted by molar-refractivity contribution is 5.94. The highest BCUT2D eigenvalue weighted by Gasteiger charge is 2.09. The van der Waals surface area contributed by atoms with Crippen LogP contribution in [0.5, 0.6) is 17.2 Å². The first-order valence-electron chi connectivity index (χ1n) is 11.4. The maximum atomic E-state index is 12.5.